The van der Waals surface area contributed by atoms with Crippen molar-refractivity contribution in [2.24, 2.45) is 17.6 Å². The Morgan fingerprint density at radius 3 is 2.24 bits per heavy atom. The van der Waals surface area contributed by atoms with Gasteiger partial charge in [-0.3, -0.25) is 0 Å². The van der Waals surface area contributed by atoms with Crippen LogP contribution in [0, 0.1) is 11.8 Å². The summed E-state index contributed by atoms with van der Waals surface area (Å²) in [6.45, 7) is 4.79. The van der Waals surface area contributed by atoms with Gasteiger partial charge in [0.05, 0.1) is 13.2 Å². The molecule has 0 bridgehead atoms. The Kier molecular flexibility index (Phi) is 5.45. The van der Waals surface area contributed by atoms with Crippen molar-refractivity contribution in [3.8, 4) is 5.75 Å². The number of aliphatic hydroxyl groups excluding tert-OH is 1. The molecule has 3 N–H and O–H groups in total. The maximum absolute atomic E-state index is 10.3. The zero-order valence-corrected chi connectivity index (χ0v) is 10.9. The summed E-state index contributed by atoms with van der Waals surface area (Å²) in [5, 5.41) is 10.3. The van der Waals surface area contributed by atoms with E-state index < -0.39 is 6.10 Å². The zero-order valence-electron chi connectivity index (χ0n) is 10.9. The van der Waals surface area contributed by atoms with Crippen molar-refractivity contribution < 1.29 is 9.84 Å². The van der Waals surface area contributed by atoms with E-state index in [2.05, 4.69) is 13.8 Å². The zero-order chi connectivity index (χ0) is 12.8. The first-order valence-electron chi connectivity index (χ1n) is 6.10. The van der Waals surface area contributed by atoms with Crippen LogP contribution in [0.3, 0.4) is 0 Å². The summed E-state index contributed by atoms with van der Waals surface area (Å²) in [6.07, 6.45) is 0.442. The topological polar surface area (TPSA) is 55.5 Å². The van der Waals surface area contributed by atoms with Gasteiger partial charge in [0, 0.05) is 5.92 Å². The largest absolute Gasteiger partial charge is 0.497 e. The van der Waals surface area contributed by atoms with Crippen LogP contribution in [0.1, 0.15) is 31.9 Å². The quantitative estimate of drug-likeness (QED) is 0.798. The Hall–Kier alpha value is -1.06. The summed E-state index contributed by atoms with van der Waals surface area (Å²) in [5.74, 6) is 1.45. The molecule has 96 valence electrons. The highest BCUT2D eigenvalue weighted by molar-refractivity contribution is 5.28. The number of hydrogen-bond donors (Lipinski definition) is 2. The van der Waals surface area contributed by atoms with E-state index in [0.29, 0.717) is 12.5 Å². The lowest BCUT2D eigenvalue weighted by Crippen LogP contribution is -2.23. The van der Waals surface area contributed by atoms with Gasteiger partial charge in [0.15, 0.2) is 0 Å². The molecule has 0 amide bonds. The van der Waals surface area contributed by atoms with Crippen molar-refractivity contribution in [3.63, 3.8) is 0 Å². The van der Waals surface area contributed by atoms with Crippen LogP contribution >= 0.6 is 0 Å². The minimum atomic E-state index is -0.492. The van der Waals surface area contributed by atoms with Gasteiger partial charge >= 0.3 is 0 Å². The molecular weight excluding hydrogens is 214 g/mol. The molecule has 0 spiro atoms. The second kappa shape index (κ2) is 6.62. The maximum atomic E-state index is 10.3. The van der Waals surface area contributed by atoms with E-state index in [1.807, 2.05) is 24.3 Å². The van der Waals surface area contributed by atoms with E-state index in [-0.39, 0.29) is 5.92 Å². The molecule has 2 unspecified atom stereocenters. The first-order chi connectivity index (χ1) is 8.08. The van der Waals surface area contributed by atoms with Crippen molar-refractivity contribution in [2.75, 3.05) is 13.7 Å². The van der Waals surface area contributed by atoms with Crippen molar-refractivity contribution in [3.05, 3.63) is 29.8 Å². The smallest absolute Gasteiger partial charge is 0.118 e. The van der Waals surface area contributed by atoms with Crippen molar-refractivity contribution >= 4 is 0 Å². The molecule has 3 nitrogen and oxygen atoms in total. The Morgan fingerprint density at radius 1 is 1.24 bits per heavy atom. The Labute approximate surface area is 104 Å². The maximum Gasteiger partial charge on any atom is 0.118 e. The fourth-order valence-electron chi connectivity index (χ4n) is 2.03. The lowest BCUT2D eigenvalue weighted by atomic mass is 9.88. The van der Waals surface area contributed by atoms with Gasteiger partial charge in [0.1, 0.15) is 5.75 Å². The molecule has 0 saturated heterocycles. The molecule has 0 heterocycles. The van der Waals surface area contributed by atoms with Gasteiger partial charge in [0.25, 0.3) is 0 Å². The molecule has 1 aromatic carbocycles. The van der Waals surface area contributed by atoms with Gasteiger partial charge in [-0.05, 0) is 36.6 Å². The third kappa shape index (κ3) is 4.02. The molecule has 2 atom stereocenters. The standard InChI is InChI=1S/C14H23NO2/c1-10(2)8-12(9-15)14(16)11-4-6-13(17-3)7-5-11/h4-7,10,12,14,16H,8-9,15H2,1-3H3. The molecule has 0 aliphatic heterocycles. The predicted molar refractivity (Wildman–Crippen MR) is 70.0 cm³/mol. The van der Waals surface area contributed by atoms with Crippen LogP contribution in [0.2, 0.25) is 0 Å². The Bertz CT molecular complexity index is 321. The molecular formula is C14H23NO2. The van der Waals surface area contributed by atoms with Crippen molar-refractivity contribution in [1.29, 1.82) is 0 Å². The highest BCUT2D eigenvalue weighted by Gasteiger charge is 2.20. The number of ether oxygens (including phenoxy) is 1. The number of benzene rings is 1. The number of nitrogens with two attached hydrogens (primary N) is 1. The summed E-state index contributed by atoms with van der Waals surface area (Å²) in [5.41, 5.74) is 6.64. The summed E-state index contributed by atoms with van der Waals surface area (Å²) < 4.78 is 5.09. The van der Waals surface area contributed by atoms with Crippen LogP contribution < -0.4 is 10.5 Å². The lowest BCUT2D eigenvalue weighted by Gasteiger charge is -2.23. The van der Waals surface area contributed by atoms with Gasteiger partial charge in [-0.15, -0.1) is 0 Å². The van der Waals surface area contributed by atoms with E-state index in [0.717, 1.165) is 17.7 Å². The summed E-state index contributed by atoms with van der Waals surface area (Å²) in [6, 6.07) is 7.52. The lowest BCUT2D eigenvalue weighted by molar-refractivity contribution is 0.0994. The van der Waals surface area contributed by atoms with Crippen LogP contribution in [-0.2, 0) is 0 Å². The van der Waals surface area contributed by atoms with Crippen LogP contribution in [0.15, 0.2) is 24.3 Å². The van der Waals surface area contributed by atoms with Crippen molar-refractivity contribution in [2.45, 2.75) is 26.4 Å². The number of aliphatic hydroxyl groups is 1. The molecule has 3 heteroatoms. The minimum absolute atomic E-state index is 0.114. The molecule has 17 heavy (non-hydrogen) atoms. The van der Waals surface area contributed by atoms with Crippen LogP contribution in [0.5, 0.6) is 5.75 Å². The average Bonchev–Trinajstić information content (AvgIpc) is 2.35. The Morgan fingerprint density at radius 2 is 1.82 bits per heavy atom. The molecule has 0 saturated carbocycles. The molecule has 0 aromatic heterocycles. The second-order valence-electron chi connectivity index (χ2n) is 4.84. The van der Waals surface area contributed by atoms with E-state index in [9.17, 15) is 5.11 Å². The SMILES string of the molecule is COc1ccc(C(O)C(CN)CC(C)C)cc1. The number of hydrogen-bond acceptors (Lipinski definition) is 3. The molecule has 0 radical (unpaired) electrons. The third-order valence-electron chi connectivity index (χ3n) is 2.98. The highest BCUT2D eigenvalue weighted by Crippen LogP contribution is 2.27. The summed E-state index contributed by atoms with van der Waals surface area (Å²) >= 11 is 0. The van der Waals surface area contributed by atoms with Crippen molar-refractivity contribution in [1.82, 2.24) is 0 Å². The fraction of sp³-hybridized carbons (Fsp3) is 0.571. The predicted octanol–water partition coefficient (Wildman–Crippen LogP) is 2.35. The summed E-state index contributed by atoms with van der Waals surface area (Å²) in [4.78, 5) is 0. The molecule has 0 fully saturated rings. The van der Waals surface area contributed by atoms with E-state index in [4.69, 9.17) is 10.5 Å². The van der Waals surface area contributed by atoms with Gasteiger partial charge in [-0.25, -0.2) is 0 Å². The normalized spacial score (nSPS) is 14.7. The van der Waals surface area contributed by atoms with E-state index in [1.54, 1.807) is 7.11 Å². The van der Waals surface area contributed by atoms with Gasteiger partial charge < -0.3 is 15.6 Å². The van der Waals surface area contributed by atoms with Crippen LogP contribution in [0.4, 0.5) is 0 Å². The van der Waals surface area contributed by atoms with Gasteiger partial charge in [-0.1, -0.05) is 26.0 Å². The Balaban J connectivity index is 2.74. The molecule has 0 aliphatic carbocycles. The minimum Gasteiger partial charge on any atom is -0.497 e. The van der Waals surface area contributed by atoms with Crippen LogP contribution in [0.25, 0.3) is 0 Å². The molecule has 1 rings (SSSR count). The van der Waals surface area contributed by atoms with Gasteiger partial charge in [0.2, 0.25) is 0 Å². The van der Waals surface area contributed by atoms with E-state index in [1.165, 1.54) is 0 Å². The number of rotatable bonds is 6. The van der Waals surface area contributed by atoms with Crippen LogP contribution in [-0.4, -0.2) is 18.8 Å². The van der Waals surface area contributed by atoms with Gasteiger partial charge in [-0.2, -0.15) is 0 Å². The first kappa shape index (κ1) is 14.0. The number of methoxy groups -OCH3 is 1. The van der Waals surface area contributed by atoms with E-state index >= 15 is 0 Å². The fourth-order valence-corrected chi connectivity index (χ4v) is 2.03. The molecule has 1 aromatic rings. The highest BCUT2D eigenvalue weighted by atomic mass is 16.5. The first-order valence-corrected chi connectivity index (χ1v) is 6.10. The molecule has 0 aliphatic rings. The monoisotopic (exact) mass is 237 g/mol. The average molecular weight is 237 g/mol. The summed E-state index contributed by atoms with van der Waals surface area (Å²) in [7, 11) is 1.63. The third-order valence-corrected chi connectivity index (χ3v) is 2.98. The second-order valence-corrected chi connectivity index (χ2v) is 4.84.